The molecule has 2 aromatic heterocycles. The maximum absolute atomic E-state index is 12.3. The predicted molar refractivity (Wildman–Crippen MR) is 98.3 cm³/mol. The third-order valence-corrected chi connectivity index (χ3v) is 5.83. The van der Waals surface area contributed by atoms with Gasteiger partial charge in [-0.2, -0.15) is 0 Å². The molecule has 0 spiro atoms. The molecule has 3 aromatic rings. The maximum atomic E-state index is 12.3. The van der Waals surface area contributed by atoms with Crippen molar-refractivity contribution in [3.8, 4) is 21.4 Å². The second kappa shape index (κ2) is 6.85. The lowest BCUT2D eigenvalue weighted by Crippen LogP contribution is -2.28. The summed E-state index contributed by atoms with van der Waals surface area (Å²) in [5.74, 6) is 1.41. The van der Waals surface area contributed by atoms with Gasteiger partial charge in [0.05, 0.1) is 23.0 Å². The number of carbonyl (C=O) groups is 1. The lowest BCUT2D eigenvalue weighted by atomic mass is 10.1. The fourth-order valence-corrected chi connectivity index (χ4v) is 4.26. The Balaban J connectivity index is 1.38. The van der Waals surface area contributed by atoms with Crippen LogP contribution in [-0.2, 0) is 11.2 Å². The SMILES string of the molecule is CC(NC(=O)Cc1csc(-c2cccs2)n1)c1ccc2c(c1)OCO2. The van der Waals surface area contributed by atoms with Crippen LogP contribution in [0.25, 0.3) is 9.88 Å². The monoisotopic (exact) mass is 372 g/mol. The van der Waals surface area contributed by atoms with E-state index in [0.717, 1.165) is 32.6 Å². The Kier molecular flexibility index (Phi) is 4.42. The van der Waals surface area contributed by atoms with Crippen LogP contribution in [-0.4, -0.2) is 17.7 Å². The predicted octanol–water partition coefficient (Wildman–Crippen LogP) is 4.02. The van der Waals surface area contributed by atoms with Gasteiger partial charge in [-0.25, -0.2) is 4.98 Å². The lowest BCUT2D eigenvalue weighted by molar-refractivity contribution is -0.121. The number of amides is 1. The zero-order valence-electron chi connectivity index (χ0n) is 13.5. The third-order valence-electron chi connectivity index (χ3n) is 3.90. The van der Waals surface area contributed by atoms with Crippen LogP contribution < -0.4 is 14.8 Å². The molecule has 3 heterocycles. The summed E-state index contributed by atoms with van der Waals surface area (Å²) < 4.78 is 10.7. The summed E-state index contributed by atoms with van der Waals surface area (Å²) in [4.78, 5) is 18.0. The Labute approximate surface area is 153 Å². The quantitative estimate of drug-likeness (QED) is 0.735. The molecular formula is C18H16N2O3S2. The van der Waals surface area contributed by atoms with Crippen LogP contribution in [0.5, 0.6) is 11.5 Å². The molecule has 1 N–H and O–H groups in total. The highest BCUT2D eigenvalue weighted by atomic mass is 32.1. The first-order valence-electron chi connectivity index (χ1n) is 7.86. The van der Waals surface area contributed by atoms with Crippen molar-refractivity contribution in [1.82, 2.24) is 10.3 Å². The summed E-state index contributed by atoms with van der Waals surface area (Å²) >= 11 is 3.22. The molecule has 0 fully saturated rings. The highest BCUT2D eigenvalue weighted by Crippen LogP contribution is 2.34. The van der Waals surface area contributed by atoms with Gasteiger partial charge in [-0.1, -0.05) is 12.1 Å². The van der Waals surface area contributed by atoms with E-state index in [4.69, 9.17) is 9.47 Å². The van der Waals surface area contributed by atoms with Gasteiger partial charge in [-0.15, -0.1) is 22.7 Å². The van der Waals surface area contributed by atoms with Crippen molar-refractivity contribution >= 4 is 28.6 Å². The van der Waals surface area contributed by atoms with Gasteiger partial charge in [0.1, 0.15) is 5.01 Å². The number of benzene rings is 1. The van der Waals surface area contributed by atoms with Crippen LogP contribution in [0, 0.1) is 0 Å². The maximum Gasteiger partial charge on any atom is 0.231 e. The third kappa shape index (κ3) is 3.52. The molecule has 0 radical (unpaired) electrons. The van der Waals surface area contributed by atoms with Crippen molar-refractivity contribution < 1.29 is 14.3 Å². The molecule has 0 saturated heterocycles. The van der Waals surface area contributed by atoms with Gasteiger partial charge < -0.3 is 14.8 Å². The van der Waals surface area contributed by atoms with E-state index in [1.54, 1.807) is 22.7 Å². The van der Waals surface area contributed by atoms with E-state index in [-0.39, 0.29) is 25.2 Å². The molecule has 7 heteroatoms. The summed E-state index contributed by atoms with van der Waals surface area (Å²) in [5.41, 5.74) is 1.78. The van der Waals surface area contributed by atoms with Crippen molar-refractivity contribution in [2.75, 3.05) is 6.79 Å². The number of aromatic nitrogens is 1. The number of carbonyl (C=O) groups excluding carboxylic acids is 1. The molecule has 1 aliphatic heterocycles. The first-order chi connectivity index (χ1) is 12.2. The molecule has 25 heavy (non-hydrogen) atoms. The first-order valence-corrected chi connectivity index (χ1v) is 9.62. The van der Waals surface area contributed by atoms with E-state index in [1.807, 2.05) is 48.0 Å². The lowest BCUT2D eigenvalue weighted by Gasteiger charge is -2.14. The minimum atomic E-state index is -0.114. The molecule has 1 aromatic carbocycles. The van der Waals surface area contributed by atoms with Gasteiger partial charge in [0.2, 0.25) is 12.7 Å². The number of nitrogens with zero attached hydrogens (tertiary/aromatic N) is 1. The Bertz CT molecular complexity index is 890. The highest BCUT2D eigenvalue weighted by molar-refractivity contribution is 7.20. The van der Waals surface area contributed by atoms with E-state index >= 15 is 0 Å². The number of ether oxygens (including phenoxy) is 2. The van der Waals surface area contributed by atoms with Crippen molar-refractivity contribution in [3.05, 3.63) is 52.3 Å². The Hall–Kier alpha value is -2.38. The minimum Gasteiger partial charge on any atom is -0.454 e. The normalized spacial score (nSPS) is 13.6. The van der Waals surface area contributed by atoms with Crippen molar-refractivity contribution in [2.24, 2.45) is 0 Å². The summed E-state index contributed by atoms with van der Waals surface area (Å²) in [6.07, 6.45) is 0.275. The van der Waals surface area contributed by atoms with E-state index in [0.29, 0.717) is 0 Å². The average Bonchev–Trinajstić information content (AvgIpc) is 3.34. The molecule has 0 saturated carbocycles. The van der Waals surface area contributed by atoms with E-state index in [9.17, 15) is 4.79 Å². The summed E-state index contributed by atoms with van der Waals surface area (Å²) in [6, 6.07) is 9.64. The number of thiophene rings is 1. The minimum absolute atomic E-state index is 0.0480. The van der Waals surface area contributed by atoms with Crippen LogP contribution in [0.15, 0.2) is 41.1 Å². The highest BCUT2D eigenvalue weighted by Gasteiger charge is 2.17. The molecule has 1 aliphatic rings. The summed E-state index contributed by atoms with van der Waals surface area (Å²) in [5, 5.41) is 7.94. The van der Waals surface area contributed by atoms with Crippen LogP contribution in [0.1, 0.15) is 24.2 Å². The van der Waals surface area contributed by atoms with Crippen LogP contribution >= 0.6 is 22.7 Å². The molecule has 1 unspecified atom stereocenters. The topological polar surface area (TPSA) is 60.5 Å². The van der Waals surface area contributed by atoms with Gasteiger partial charge in [-0.3, -0.25) is 4.79 Å². The first kappa shape index (κ1) is 16.1. The zero-order valence-corrected chi connectivity index (χ0v) is 15.2. The second-order valence-corrected chi connectivity index (χ2v) is 7.51. The van der Waals surface area contributed by atoms with E-state index < -0.39 is 0 Å². The molecule has 1 atom stereocenters. The smallest absolute Gasteiger partial charge is 0.231 e. The van der Waals surface area contributed by atoms with Crippen molar-refractivity contribution in [2.45, 2.75) is 19.4 Å². The van der Waals surface area contributed by atoms with Crippen LogP contribution in [0.2, 0.25) is 0 Å². The number of hydrogen-bond acceptors (Lipinski definition) is 6. The Morgan fingerprint density at radius 2 is 2.16 bits per heavy atom. The number of thiazole rings is 1. The zero-order chi connectivity index (χ0) is 17.2. The average molecular weight is 372 g/mol. The van der Waals surface area contributed by atoms with Gasteiger partial charge in [0.25, 0.3) is 0 Å². The number of hydrogen-bond donors (Lipinski definition) is 1. The Morgan fingerprint density at radius 1 is 1.28 bits per heavy atom. The summed E-state index contributed by atoms with van der Waals surface area (Å²) in [7, 11) is 0. The van der Waals surface area contributed by atoms with Gasteiger partial charge in [-0.05, 0) is 36.1 Å². The van der Waals surface area contributed by atoms with E-state index in [1.165, 1.54) is 0 Å². The molecule has 0 aliphatic carbocycles. The van der Waals surface area contributed by atoms with Crippen molar-refractivity contribution in [1.29, 1.82) is 0 Å². The largest absolute Gasteiger partial charge is 0.454 e. The van der Waals surface area contributed by atoms with Crippen molar-refractivity contribution in [3.63, 3.8) is 0 Å². The molecule has 5 nitrogen and oxygen atoms in total. The fourth-order valence-electron chi connectivity index (χ4n) is 2.62. The fraction of sp³-hybridized carbons (Fsp3) is 0.222. The van der Waals surface area contributed by atoms with Crippen LogP contribution in [0.3, 0.4) is 0 Å². The molecule has 4 rings (SSSR count). The van der Waals surface area contributed by atoms with Gasteiger partial charge in [0, 0.05) is 5.38 Å². The second-order valence-electron chi connectivity index (χ2n) is 5.70. The standard InChI is InChI=1S/C18H16N2O3S2/c1-11(12-4-5-14-15(7-12)23-10-22-14)19-17(21)8-13-9-25-18(20-13)16-3-2-6-24-16/h2-7,9,11H,8,10H2,1H3,(H,19,21). The molecule has 0 bridgehead atoms. The molecule has 128 valence electrons. The summed E-state index contributed by atoms with van der Waals surface area (Å²) in [6.45, 7) is 2.20. The number of rotatable bonds is 5. The van der Waals surface area contributed by atoms with Crippen LogP contribution in [0.4, 0.5) is 0 Å². The van der Waals surface area contributed by atoms with Gasteiger partial charge >= 0.3 is 0 Å². The van der Waals surface area contributed by atoms with Gasteiger partial charge in [0.15, 0.2) is 11.5 Å². The molecular weight excluding hydrogens is 356 g/mol. The number of nitrogens with one attached hydrogen (secondary N) is 1. The number of fused-ring (bicyclic) bond motifs is 1. The Morgan fingerprint density at radius 3 is 3.00 bits per heavy atom. The molecule has 1 amide bonds. The van der Waals surface area contributed by atoms with E-state index in [2.05, 4.69) is 10.3 Å².